The molecule has 12 heteroatoms. The van der Waals surface area contributed by atoms with Crippen molar-refractivity contribution in [1.82, 2.24) is 0 Å². The normalized spacial score (nSPS) is 14.8. The lowest BCUT2D eigenvalue weighted by molar-refractivity contribution is -0.677. The average molecular weight is 596 g/mol. The van der Waals surface area contributed by atoms with Gasteiger partial charge < -0.3 is 14.1 Å². The Morgan fingerprint density at radius 1 is 0.780 bits per heavy atom. The van der Waals surface area contributed by atoms with Gasteiger partial charge in [0, 0.05) is 18.4 Å². The Hall–Kier alpha value is -3.97. The summed E-state index contributed by atoms with van der Waals surface area (Å²) < 4.78 is 79.0. The van der Waals surface area contributed by atoms with Gasteiger partial charge in [-0.15, -0.1) is 0 Å². The van der Waals surface area contributed by atoms with Crippen LogP contribution in [-0.2, 0) is 26.8 Å². The van der Waals surface area contributed by atoms with Gasteiger partial charge >= 0.3 is 5.89 Å². The fraction of sp³-hybridized carbons (Fsp3) is 0.207. The number of benzene rings is 4. The molecule has 10 nitrogen and oxygen atoms in total. The van der Waals surface area contributed by atoms with Crippen molar-refractivity contribution in [2.45, 2.75) is 19.4 Å². The van der Waals surface area contributed by atoms with Gasteiger partial charge in [-0.1, -0.05) is 54.6 Å². The van der Waals surface area contributed by atoms with Crippen LogP contribution in [0, 0.1) is 0 Å². The molecule has 0 unspecified atom stereocenters. The zero-order valence-electron chi connectivity index (χ0n) is 21.8. The maximum atomic E-state index is 11.5. The molecule has 4 aromatic carbocycles. The van der Waals surface area contributed by atoms with Gasteiger partial charge in [0.25, 0.3) is 25.8 Å². The van der Waals surface area contributed by atoms with Crippen molar-refractivity contribution in [2.24, 2.45) is 0 Å². The minimum absolute atomic E-state index is 0.140. The molecular weight excluding hydrogens is 568 g/mol. The number of hydrogen-bond acceptors (Lipinski definition) is 7. The first-order valence-electron chi connectivity index (χ1n) is 13.0. The van der Waals surface area contributed by atoms with Crippen molar-refractivity contribution in [2.75, 3.05) is 23.0 Å². The third kappa shape index (κ3) is 5.64. The summed E-state index contributed by atoms with van der Waals surface area (Å²) in [5, 5.41) is 3.78. The van der Waals surface area contributed by atoms with Crippen molar-refractivity contribution in [1.29, 1.82) is 0 Å². The van der Waals surface area contributed by atoms with Crippen molar-refractivity contribution in [3.05, 3.63) is 84.6 Å². The standard InChI is InChI=1S/C29H26N2O8S2/c32-40(33,34)17-5-15-30-26(38-24-13-11-20-7-1-3-9-22(20)28(24)30)19-27-31(16-6-18-41(35,36)37)29-23-10-4-2-8-21(23)12-14-25(29)39-27/h1-4,7-14,19H,5-6,15-18H2,(H-,32,33,34,35,36,37)/p+1. The quantitative estimate of drug-likeness (QED) is 0.182. The molecule has 2 N–H and O–H groups in total. The van der Waals surface area contributed by atoms with Crippen LogP contribution in [0.15, 0.2) is 83.1 Å². The Morgan fingerprint density at radius 2 is 1.41 bits per heavy atom. The van der Waals surface area contributed by atoms with Gasteiger partial charge in [0.05, 0.1) is 22.6 Å². The van der Waals surface area contributed by atoms with Crippen LogP contribution in [0.1, 0.15) is 18.7 Å². The minimum atomic E-state index is -4.16. The largest absolute Gasteiger partial charge is 0.438 e. The fourth-order valence-corrected chi connectivity index (χ4v) is 6.31. The van der Waals surface area contributed by atoms with Gasteiger partial charge in [-0.05, 0) is 35.4 Å². The van der Waals surface area contributed by atoms with E-state index in [1.54, 1.807) is 6.08 Å². The van der Waals surface area contributed by atoms with Gasteiger partial charge in [0.2, 0.25) is 11.5 Å². The van der Waals surface area contributed by atoms with E-state index < -0.39 is 31.7 Å². The molecule has 0 amide bonds. The van der Waals surface area contributed by atoms with Crippen molar-refractivity contribution in [3.8, 4) is 5.75 Å². The van der Waals surface area contributed by atoms with Gasteiger partial charge in [0.15, 0.2) is 12.3 Å². The van der Waals surface area contributed by atoms with E-state index in [1.165, 1.54) is 0 Å². The molecule has 0 saturated carbocycles. The highest BCUT2D eigenvalue weighted by molar-refractivity contribution is 7.86. The van der Waals surface area contributed by atoms with Crippen LogP contribution in [0.2, 0.25) is 0 Å². The molecule has 0 spiro atoms. The van der Waals surface area contributed by atoms with E-state index in [2.05, 4.69) is 0 Å². The highest BCUT2D eigenvalue weighted by atomic mass is 32.2. The zero-order valence-corrected chi connectivity index (χ0v) is 23.4. The van der Waals surface area contributed by atoms with Crippen LogP contribution < -0.4 is 14.2 Å². The van der Waals surface area contributed by atoms with E-state index in [9.17, 15) is 25.9 Å². The summed E-state index contributed by atoms with van der Waals surface area (Å²) in [4.78, 5) is 1.86. The maximum absolute atomic E-state index is 11.5. The molecule has 0 aliphatic carbocycles. The summed E-state index contributed by atoms with van der Waals surface area (Å²) in [7, 11) is -8.32. The molecule has 0 saturated heterocycles. The predicted octanol–water partition coefficient (Wildman–Crippen LogP) is 4.78. The summed E-state index contributed by atoms with van der Waals surface area (Å²) in [6.07, 6.45) is 1.98. The van der Waals surface area contributed by atoms with Crippen LogP contribution in [0.4, 0.5) is 5.69 Å². The van der Waals surface area contributed by atoms with E-state index in [4.69, 9.17) is 9.15 Å². The summed E-state index contributed by atoms with van der Waals surface area (Å²) >= 11 is 0. The van der Waals surface area contributed by atoms with Crippen LogP contribution in [-0.4, -0.2) is 44.0 Å². The number of ether oxygens (including phenoxy) is 1. The number of aryl methyl sites for hydroxylation is 1. The molecule has 0 bridgehead atoms. The van der Waals surface area contributed by atoms with Gasteiger partial charge in [0.1, 0.15) is 6.08 Å². The summed E-state index contributed by atoms with van der Waals surface area (Å²) in [5.41, 5.74) is 2.12. The number of hydrogen-bond donors (Lipinski definition) is 2. The third-order valence-electron chi connectivity index (χ3n) is 7.04. The van der Waals surface area contributed by atoms with Crippen LogP contribution in [0.3, 0.4) is 0 Å². The molecule has 1 aromatic heterocycles. The van der Waals surface area contributed by atoms with Crippen LogP contribution >= 0.6 is 0 Å². The van der Waals surface area contributed by atoms with Crippen LogP contribution in [0.5, 0.6) is 5.75 Å². The lowest BCUT2D eigenvalue weighted by atomic mass is 10.1. The molecular formula is C29H27N2O8S2+. The zero-order chi connectivity index (χ0) is 28.8. The summed E-state index contributed by atoms with van der Waals surface area (Å²) in [6, 6.07) is 23.1. The van der Waals surface area contributed by atoms with E-state index in [1.807, 2.05) is 82.3 Å². The van der Waals surface area contributed by atoms with Gasteiger partial charge in [-0.3, -0.25) is 9.11 Å². The minimum Gasteiger partial charge on any atom is -0.438 e. The molecule has 0 radical (unpaired) electrons. The second kappa shape index (κ2) is 10.5. The van der Waals surface area contributed by atoms with E-state index in [0.29, 0.717) is 23.1 Å². The number of nitrogens with zero attached hydrogens (tertiary/aromatic N) is 2. The van der Waals surface area contributed by atoms with E-state index in [0.717, 1.165) is 32.7 Å². The predicted molar refractivity (Wildman–Crippen MR) is 156 cm³/mol. The molecule has 0 fully saturated rings. The number of rotatable bonds is 9. The SMILES string of the molecule is O=S(=O)(O)CCCN1/C(=C/c2oc3ccc4ccccc4c3[n+]2CCCS(=O)(=O)O)Oc2ccc3ccccc3c21. The Labute approximate surface area is 236 Å². The Kier molecular flexibility index (Phi) is 6.94. The summed E-state index contributed by atoms with van der Waals surface area (Å²) in [6.45, 7) is 0.469. The monoisotopic (exact) mass is 595 g/mol. The second-order valence-corrected chi connectivity index (χ2v) is 13.0. The molecule has 6 rings (SSSR count). The lowest BCUT2D eigenvalue weighted by Crippen LogP contribution is -2.37. The number of aromatic nitrogens is 1. The molecule has 0 atom stereocenters. The van der Waals surface area contributed by atoms with Crippen molar-refractivity contribution >= 4 is 64.6 Å². The van der Waals surface area contributed by atoms with E-state index >= 15 is 0 Å². The molecule has 5 aromatic rings. The highest BCUT2D eigenvalue weighted by Gasteiger charge is 2.32. The first-order chi connectivity index (χ1) is 19.6. The van der Waals surface area contributed by atoms with Crippen LogP contribution in [0.25, 0.3) is 38.7 Å². The first kappa shape index (κ1) is 27.2. The highest BCUT2D eigenvalue weighted by Crippen LogP contribution is 2.44. The Morgan fingerprint density at radius 3 is 2.15 bits per heavy atom. The van der Waals surface area contributed by atoms with Gasteiger partial charge in [-0.2, -0.15) is 21.4 Å². The third-order valence-corrected chi connectivity index (χ3v) is 8.65. The molecule has 41 heavy (non-hydrogen) atoms. The van der Waals surface area contributed by atoms with Crippen molar-refractivity contribution in [3.63, 3.8) is 0 Å². The Balaban J connectivity index is 1.49. The fourth-order valence-electron chi connectivity index (χ4n) is 5.32. The second-order valence-electron chi connectivity index (χ2n) is 9.87. The van der Waals surface area contributed by atoms with Crippen molar-refractivity contribution < 1.29 is 39.7 Å². The summed E-state index contributed by atoms with van der Waals surface area (Å²) in [5.74, 6) is 0.533. The smallest absolute Gasteiger partial charge is 0.379 e. The van der Waals surface area contributed by atoms with Gasteiger partial charge in [-0.25, -0.2) is 0 Å². The lowest BCUT2D eigenvalue weighted by Gasteiger charge is -2.19. The molecule has 1 aliphatic rings. The number of anilines is 1. The number of oxazole rings is 1. The molecule has 2 heterocycles. The molecule has 212 valence electrons. The maximum Gasteiger partial charge on any atom is 0.379 e. The molecule has 1 aliphatic heterocycles. The van der Waals surface area contributed by atoms with E-state index in [-0.39, 0.29) is 25.9 Å². The number of fused-ring (bicyclic) bond motifs is 6. The topological polar surface area (TPSA) is 138 Å². The average Bonchev–Trinajstić information content (AvgIpc) is 3.45. The first-order valence-corrected chi connectivity index (χ1v) is 16.2. The Bertz CT molecular complexity index is 2050.